The summed E-state index contributed by atoms with van der Waals surface area (Å²) in [6, 6.07) is 7.95. The van der Waals surface area contributed by atoms with Crippen LogP contribution in [0.1, 0.15) is 0 Å². The highest BCUT2D eigenvalue weighted by Crippen LogP contribution is 2.26. The molecule has 0 saturated carbocycles. The van der Waals surface area contributed by atoms with Crippen LogP contribution in [0.25, 0.3) is 10.8 Å². The van der Waals surface area contributed by atoms with E-state index < -0.39 is 0 Å². The fourth-order valence-corrected chi connectivity index (χ4v) is 3.31. The van der Waals surface area contributed by atoms with Crippen molar-refractivity contribution in [2.24, 2.45) is 0 Å². The van der Waals surface area contributed by atoms with E-state index >= 15 is 0 Å². The van der Waals surface area contributed by atoms with Crippen molar-refractivity contribution in [1.29, 1.82) is 0 Å². The van der Waals surface area contributed by atoms with E-state index in [1.807, 2.05) is 30.5 Å². The van der Waals surface area contributed by atoms with E-state index in [0.29, 0.717) is 19.1 Å². The number of nitrogens with zero attached hydrogens (tertiary/aromatic N) is 4. The molecule has 0 bridgehead atoms. The van der Waals surface area contributed by atoms with E-state index in [0.717, 1.165) is 48.5 Å². The van der Waals surface area contributed by atoms with Crippen LogP contribution in [0.2, 0.25) is 0 Å². The van der Waals surface area contributed by atoms with Gasteiger partial charge in [0.25, 0.3) is 5.88 Å². The van der Waals surface area contributed by atoms with Crippen LogP contribution in [0.3, 0.4) is 0 Å². The van der Waals surface area contributed by atoms with E-state index in [1.165, 1.54) is 11.7 Å². The Morgan fingerprint density at radius 3 is 2.84 bits per heavy atom. The monoisotopic (exact) mass is 357 g/mol. The molecule has 0 amide bonds. The highest BCUT2D eigenvalue weighted by Gasteiger charge is 2.19. The van der Waals surface area contributed by atoms with Crippen LogP contribution >= 0.6 is 11.7 Å². The number of nitrogens with one attached hydrogen (secondary N) is 1. The van der Waals surface area contributed by atoms with Gasteiger partial charge in [0, 0.05) is 44.0 Å². The predicted molar refractivity (Wildman–Crippen MR) is 97.7 cm³/mol. The summed E-state index contributed by atoms with van der Waals surface area (Å²) >= 11 is 1.18. The fraction of sp³-hybridized carbons (Fsp3) is 0.353. The maximum Gasteiger partial charge on any atom is 0.270 e. The van der Waals surface area contributed by atoms with Gasteiger partial charge in [-0.05, 0) is 23.6 Å². The topological polar surface area (TPSA) is 72.4 Å². The minimum absolute atomic E-state index is 0.426. The van der Waals surface area contributed by atoms with Crippen molar-refractivity contribution >= 4 is 28.3 Å². The smallest absolute Gasteiger partial charge is 0.270 e. The molecule has 1 aromatic carbocycles. The first-order chi connectivity index (χ1) is 12.4. The van der Waals surface area contributed by atoms with Crippen LogP contribution in [0, 0.1) is 0 Å². The third-order valence-electron chi connectivity index (χ3n) is 4.06. The van der Waals surface area contributed by atoms with Gasteiger partial charge in [0.05, 0.1) is 11.7 Å². The number of ether oxygens (including phenoxy) is 2. The molecule has 1 aliphatic rings. The van der Waals surface area contributed by atoms with Crippen molar-refractivity contribution in [3.63, 3.8) is 0 Å². The lowest BCUT2D eigenvalue weighted by Gasteiger charge is -2.27. The number of pyridine rings is 1. The van der Waals surface area contributed by atoms with Crippen molar-refractivity contribution in [2.75, 3.05) is 44.3 Å². The first-order valence-electron chi connectivity index (χ1n) is 8.28. The predicted octanol–water partition coefficient (Wildman–Crippen LogP) is 1.95. The zero-order chi connectivity index (χ0) is 16.9. The largest absolute Gasteiger partial charge is 0.490 e. The zero-order valence-corrected chi connectivity index (χ0v) is 14.5. The molecule has 0 radical (unpaired) electrons. The molecule has 130 valence electrons. The summed E-state index contributed by atoms with van der Waals surface area (Å²) in [7, 11) is 0. The third-order valence-corrected chi connectivity index (χ3v) is 4.56. The van der Waals surface area contributed by atoms with Gasteiger partial charge in [0.15, 0.2) is 0 Å². The minimum atomic E-state index is 0.426. The highest BCUT2D eigenvalue weighted by atomic mass is 32.1. The normalized spacial score (nSPS) is 14.6. The lowest BCUT2D eigenvalue weighted by molar-refractivity contribution is 0.213. The first kappa shape index (κ1) is 16.0. The Bertz CT molecular complexity index is 835. The summed E-state index contributed by atoms with van der Waals surface area (Å²) in [5, 5.41) is 5.53. The molecule has 7 nitrogen and oxygen atoms in total. The average Bonchev–Trinajstić information content (AvgIpc) is 3.14. The summed E-state index contributed by atoms with van der Waals surface area (Å²) in [4.78, 5) is 6.34. The van der Waals surface area contributed by atoms with Gasteiger partial charge in [0.2, 0.25) is 5.82 Å². The van der Waals surface area contributed by atoms with Crippen LogP contribution in [0.15, 0.2) is 36.7 Å². The lowest BCUT2D eigenvalue weighted by atomic mass is 10.2. The number of hydrogen-bond acceptors (Lipinski definition) is 8. The van der Waals surface area contributed by atoms with E-state index in [9.17, 15) is 0 Å². The van der Waals surface area contributed by atoms with Crippen molar-refractivity contribution in [3.05, 3.63) is 36.7 Å². The number of benzene rings is 1. The van der Waals surface area contributed by atoms with Crippen LogP contribution in [-0.4, -0.2) is 53.1 Å². The lowest BCUT2D eigenvalue weighted by Crippen LogP contribution is -2.43. The Hall–Kier alpha value is -2.45. The van der Waals surface area contributed by atoms with E-state index in [1.54, 1.807) is 6.20 Å². The van der Waals surface area contributed by atoms with Crippen molar-refractivity contribution in [1.82, 2.24) is 19.0 Å². The zero-order valence-electron chi connectivity index (χ0n) is 13.7. The van der Waals surface area contributed by atoms with Crippen LogP contribution in [-0.2, 0) is 0 Å². The minimum Gasteiger partial charge on any atom is -0.490 e. The SMILES string of the molecule is c1cc2ccc(OCCOc3nsnc3N3CCNCC3)cc2cn1. The summed E-state index contributed by atoms with van der Waals surface area (Å²) in [5.41, 5.74) is 0. The number of piperazine rings is 1. The quantitative estimate of drug-likeness (QED) is 0.676. The maximum atomic E-state index is 5.78. The second-order valence-corrected chi connectivity index (χ2v) is 6.24. The first-order valence-corrected chi connectivity index (χ1v) is 9.01. The van der Waals surface area contributed by atoms with E-state index in [-0.39, 0.29) is 0 Å². The molecule has 0 unspecified atom stereocenters. The number of fused-ring (bicyclic) bond motifs is 1. The van der Waals surface area contributed by atoms with E-state index in [2.05, 4.69) is 23.9 Å². The van der Waals surface area contributed by atoms with Gasteiger partial charge in [-0.2, -0.15) is 4.37 Å². The van der Waals surface area contributed by atoms with E-state index in [4.69, 9.17) is 9.47 Å². The molecule has 0 aliphatic carbocycles. The molecule has 1 aliphatic heterocycles. The van der Waals surface area contributed by atoms with Crippen LogP contribution < -0.4 is 19.7 Å². The molecule has 8 heteroatoms. The van der Waals surface area contributed by atoms with Gasteiger partial charge in [-0.25, -0.2) is 0 Å². The standard InChI is InChI=1S/C17H19N5O2S/c1-2-15(11-14-12-19-4-3-13(1)14)23-9-10-24-17-16(20-25-21-17)22-7-5-18-6-8-22/h1-4,11-12,18H,5-10H2. The molecule has 3 aromatic rings. The number of anilines is 1. The number of rotatable bonds is 6. The third kappa shape index (κ3) is 3.80. The van der Waals surface area contributed by atoms with Gasteiger partial charge < -0.3 is 19.7 Å². The molecular formula is C17H19N5O2S. The second-order valence-electron chi connectivity index (χ2n) is 5.71. The molecule has 25 heavy (non-hydrogen) atoms. The van der Waals surface area contributed by atoms with Crippen LogP contribution in [0.5, 0.6) is 11.6 Å². The van der Waals surface area contributed by atoms with Crippen LogP contribution in [0.4, 0.5) is 5.82 Å². The Morgan fingerprint density at radius 2 is 1.92 bits per heavy atom. The van der Waals surface area contributed by atoms with Gasteiger partial charge >= 0.3 is 0 Å². The number of aromatic nitrogens is 3. The van der Waals surface area contributed by atoms with Crippen molar-refractivity contribution in [2.45, 2.75) is 0 Å². The molecule has 1 fully saturated rings. The molecule has 0 atom stereocenters. The fourth-order valence-electron chi connectivity index (χ4n) is 2.79. The van der Waals surface area contributed by atoms with Gasteiger partial charge in [-0.3, -0.25) is 4.98 Å². The molecule has 1 N–H and O–H groups in total. The Labute approximate surface area is 149 Å². The second kappa shape index (κ2) is 7.62. The Balaban J connectivity index is 1.31. The maximum absolute atomic E-state index is 5.78. The summed E-state index contributed by atoms with van der Waals surface area (Å²) in [5.74, 6) is 2.24. The van der Waals surface area contributed by atoms with Gasteiger partial charge in [0.1, 0.15) is 19.0 Å². The van der Waals surface area contributed by atoms with Crippen molar-refractivity contribution in [3.8, 4) is 11.6 Å². The average molecular weight is 357 g/mol. The summed E-state index contributed by atoms with van der Waals surface area (Å²) in [6.45, 7) is 4.63. The molecule has 1 saturated heterocycles. The molecule has 4 rings (SSSR count). The molecule has 3 heterocycles. The Morgan fingerprint density at radius 1 is 1.04 bits per heavy atom. The highest BCUT2D eigenvalue weighted by molar-refractivity contribution is 6.99. The summed E-state index contributed by atoms with van der Waals surface area (Å²) < 4.78 is 20.2. The van der Waals surface area contributed by atoms with Gasteiger partial charge in [-0.15, -0.1) is 4.37 Å². The number of hydrogen-bond donors (Lipinski definition) is 1. The molecule has 2 aromatic heterocycles. The Kier molecular flexibility index (Phi) is 4.89. The summed E-state index contributed by atoms with van der Waals surface area (Å²) in [6.07, 6.45) is 3.62. The molecule has 0 spiro atoms. The van der Waals surface area contributed by atoms with Crippen molar-refractivity contribution < 1.29 is 9.47 Å². The molecular weight excluding hydrogens is 338 g/mol. The van der Waals surface area contributed by atoms with Gasteiger partial charge in [-0.1, -0.05) is 6.07 Å².